The van der Waals surface area contributed by atoms with Crippen molar-refractivity contribution in [3.63, 3.8) is 0 Å². The van der Waals surface area contributed by atoms with Crippen molar-refractivity contribution in [1.82, 2.24) is 0 Å². The SMILES string of the molecule is CCCCCCCCCCCCCCCCCCCCCCCC/C=C/C(C=Nc1cc(CCCCC)cc(CCCCC)c1)=Nc1cc(CCCCC)cc(CCCCC)c1.[Pd]. The third-order valence-corrected chi connectivity index (χ3v) is 13.0. The van der Waals surface area contributed by atoms with E-state index in [1.165, 1.54) is 241 Å². The van der Waals surface area contributed by atoms with Gasteiger partial charge in [0.15, 0.2) is 0 Å². The van der Waals surface area contributed by atoms with Crippen LogP contribution < -0.4 is 0 Å². The van der Waals surface area contributed by atoms with Gasteiger partial charge in [-0.3, -0.25) is 4.99 Å². The molecule has 2 aromatic rings. The van der Waals surface area contributed by atoms with Gasteiger partial charge >= 0.3 is 0 Å². The molecule has 0 spiro atoms. The van der Waals surface area contributed by atoms with Crippen LogP contribution in [0.1, 0.15) is 282 Å². The summed E-state index contributed by atoms with van der Waals surface area (Å²) < 4.78 is 0. The van der Waals surface area contributed by atoms with Crippen molar-refractivity contribution in [1.29, 1.82) is 0 Å². The molecule has 0 aromatic heterocycles. The first-order valence-electron chi connectivity index (χ1n) is 27.7. The van der Waals surface area contributed by atoms with Gasteiger partial charge in [0.25, 0.3) is 0 Å². The van der Waals surface area contributed by atoms with E-state index < -0.39 is 0 Å². The summed E-state index contributed by atoms with van der Waals surface area (Å²) in [6.07, 6.45) is 59.0. The summed E-state index contributed by atoms with van der Waals surface area (Å²) in [6.45, 7) is 11.5. The largest absolute Gasteiger partial charge is 0.255 e. The van der Waals surface area contributed by atoms with E-state index >= 15 is 0 Å². The van der Waals surface area contributed by atoms with E-state index in [0.717, 1.165) is 49.2 Å². The molecule has 0 unspecified atom stereocenters. The van der Waals surface area contributed by atoms with Gasteiger partial charge in [0.1, 0.15) is 0 Å². The van der Waals surface area contributed by atoms with E-state index in [4.69, 9.17) is 9.98 Å². The summed E-state index contributed by atoms with van der Waals surface area (Å²) in [6, 6.07) is 14.3. The van der Waals surface area contributed by atoms with Gasteiger partial charge in [-0.25, -0.2) is 4.99 Å². The number of unbranched alkanes of at least 4 members (excludes halogenated alkanes) is 30. The summed E-state index contributed by atoms with van der Waals surface area (Å²) in [4.78, 5) is 10.5. The molecule has 0 aliphatic heterocycles. The third-order valence-electron chi connectivity index (χ3n) is 13.0. The first-order chi connectivity index (χ1) is 30.6. The first-order valence-corrected chi connectivity index (χ1v) is 27.7. The molecule has 3 heteroatoms. The molecule has 2 rings (SSSR count). The van der Waals surface area contributed by atoms with Crippen LogP contribution in [0.5, 0.6) is 0 Å². The Morgan fingerprint density at radius 1 is 0.349 bits per heavy atom. The zero-order valence-corrected chi connectivity index (χ0v) is 44.0. The topological polar surface area (TPSA) is 24.7 Å². The van der Waals surface area contributed by atoms with E-state index in [2.05, 4.69) is 89.4 Å². The molecule has 2 nitrogen and oxygen atoms in total. The number of hydrogen-bond acceptors (Lipinski definition) is 2. The standard InChI is InChI=1S/C60H102N2.Pd/c1-6-11-16-17-18-19-20-21-22-23-24-25-26-27-28-29-30-31-32-33-34-35-36-41-46-58(62-60-51-56(44-39-14-9-4)48-57(52-60)45-40-15-10-5)53-61-59-49-54(42-37-12-7-2)47-55(50-59)43-38-13-8-3;/h41,46-53H,6-40,42-45H2,1-5H3;/b46-41+,61-53?,62-58?;. The Hall–Kier alpha value is -1.82. The second kappa shape index (κ2) is 44.0. The van der Waals surface area contributed by atoms with Gasteiger partial charge in [-0.05, 0) is 117 Å². The number of benzene rings is 2. The number of hydrogen-bond donors (Lipinski definition) is 0. The fourth-order valence-corrected chi connectivity index (χ4v) is 8.99. The second-order valence-electron chi connectivity index (χ2n) is 19.3. The summed E-state index contributed by atoms with van der Waals surface area (Å²) in [7, 11) is 0. The molecule has 0 atom stereocenters. The number of nitrogens with zero attached hydrogens (tertiary/aromatic N) is 2. The van der Waals surface area contributed by atoms with E-state index in [0.29, 0.717) is 0 Å². The monoisotopic (exact) mass is 957 g/mol. The van der Waals surface area contributed by atoms with Crippen LogP contribution in [-0.4, -0.2) is 11.9 Å². The molecule has 0 heterocycles. The molecular weight excluding hydrogens is 855 g/mol. The van der Waals surface area contributed by atoms with Gasteiger partial charge in [-0.15, -0.1) is 0 Å². The maximum Gasteiger partial charge on any atom is 0.0816 e. The average molecular weight is 958 g/mol. The minimum atomic E-state index is 0. The molecule has 0 amide bonds. The van der Waals surface area contributed by atoms with Crippen LogP contribution in [0.15, 0.2) is 58.5 Å². The zero-order chi connectivity index (χ0) is 44.4. The number of rotatable bonds is 43. The van der Waals surface area contributed by atoms with Crippen molar-refractivity contribution in [3.05, 3.63) is 70.8 Å². The van der Waals surface area contributed by atoms with Gasteiger partial charge in [-0.2, -0.15) is 0 Å². The quantitative estimate of drug-likeness (QED) is 0.0359. The van der Waals surface area contributed by atoms with Crippen molar-refractivity contribution in [3.8, 4) is 0 Å². The van der Waals surface area contributed by atoms with Crippen LogP contribution in [0.2, 0.25) is 0 Å². The Morgan fingerprint density at radius 3 is 0.968 bits per heavy atom. The van der Waals surface area contributed by atoms with Crippen LogP contribution in [0.25, 0.3) is 0 Å². The minimum absolute atomic E-state index is 0. The summed E-state index contributed by atoms with van der Waals surface area (Å²) in [5.74, 6) is 0. The predicted octanol–water partition coefficient (Wildman–Crippen LogP) is 20.6. The molecule has 0 bridgehead atoms. The molecule has 63 heavy (non-hydrogen) atoms. The van der Waals surface area contributed by atoms with Gasteiger partial charge in [0.2, 0.25) is 0 Å². The van der Waals surface area contributed by atoms with Crippen LogP contribution in [0, 0.1) is 0 Å². The van der Waals surface area contributed by atoms with E-state index in [-0.39, 0.29) is 20.4 Å². The summed E-state index contributed by atoms with van der Waals surface area (Å²) in [5.41, 5.74) is 8.91. The van der Waals surface area contributed by atoms with Gasteiger partial charge in [0.05, 0.1) is 23.3 Å². The first kappa shape index (κ1) is 59.2. The Labute approximate surface area is 407 Å². The fraction of sp³-hybridized carbons (Fsp3) is 0.733. The summed E-state index contributed by atoms with van der Waals surface area (Å²) >= 11 is 0. The van der Waals surface area contributed by atoms with Crippen LogP contribution >= 0.6 is 0 Å². The van der Waals surface area contributed by atoms with Crippen LogP contribution in [0.4, 0.5) is 11.4 Å². The van der Waals surface area contributed by atoms with Gasteiger partial charge in [-0.1, -0.05) is 239 Å². The third kappa shape index (κ3) is 34.2. The molecule has 0 fully saturated rings. The van der Waals surface area contributed by atoms with Crippen molar-refractivity contribution < 1.29 is 20.4 Å². The zero-order valence-electron chi connectivity index (χ0n) is 42.5. The molecule has 0 aliphatic carbocycles. The Morgan fingerprint density at radius 2 is 0.635 bits per heavy atom. The number of aryl methyl sites for hydroxylation is 4. The van der Waals surface area contributed by atoms with Gasteiger partial charge < -0.3 is 0 Å². The number of aliphatic imine (C=N–C) groups is 2. The molecule has 0 N–H and O–H groups in total. The van der Waals surface area contributed by atoms with E-state index in [1.54, 1.807) is 0 Å². The Balaban J connectivity index is 0.0000198. The fourth-order valence-electron chi connectivity index (χ4n) is 8.99. The van der Waals surface area contributed by atoms with E-state index in [9.17, 15) is 0 Å². The van der Waals surface area contributed by atoms with Crippen molar-refractivity contribution in [2.24, 2.45) is 9.98 Å². The van der Waals surface area contributed by atoms with Gasteiger partial charge in [0, 0.05) is 20.4 Å². The average Bonchev–Trinajstić information content (AvgIpc) is 3.27. The smallest absolute Gasteiger partial charge is 0.0816 e. The molecule has 0 saturated heterocycles. The minimum Gasteiger partial charge on any atom is -0.255 e. The van der Waals surface area contributed by atoms with Crippen molar-refractivity contribution in [2.75, 3.05) is 0 Å². The molecular formula is C60H102N2Pd. The number of allylic oxidation sites excluding steroid dienone is 2. The van der Waals surface area contributed by atoms with Crippen LogP contribution in [0.3, 0.4) is 0 Å². The van der Waals surface area contributed by atoms with Crippen molar-refractivity contribution in [2.45, 2.75) is 285 Å². The van der Waals surface area contributed by atoms with Crippen LogP contribution in [-0.2, 0) is 46.1 Å². The van der Waals surface area contributed by atoms with Crippen molar-refractivity contribution >= 4 is 23.3 Å². The molecule has 0 aliphatic rings. The summed E-state index contributed by atoms with van der Waals surface area (Å²) in [5, 5.41) is 0. The Kier molecular flexibility index (Phi) is 41.4. The molecule has 0 radical (unpaired) electrons. The molecule has 2 aromatic carbocycles. The molecule has 362 valence electrons. The predicted molar refractivity (Wildman–Crippen MR) is 282 cm³/mol. The van der Waals surface area contributed by atoms with E-state index in [1.807, 2.05) is 0 Å². The normalized spacial score (nSPS) is 12.0. The maximum absolute atomic E-state index is 5.33. The maximum atomic E-state index is 5.33. The molecule has 0 saturated carbocycles. The second-order valence-corrected chi connectivity index (χ2v) is 19.3. The Bertz CT molecular complexity index is 1350.